The van der Waals surface area contributed by atoms with E-state index in [9.17, 15) is 4.79 Å². The number of amides is 1. The first-order valence-corrected chi connectivity index (χ1v) is 5.23. The van der Waals surface area contributed by atoms with Crippen molar-refractivity contribution in [2.45, 2.75) is 20.3 Å². The van der Waals surface area contributed by atoms with E-state index in [4.69, 9.17) is 10.6 Å². The van der Waals surface area contributed by atoms with E-state index in [1.807, 2.05) is 26.0 Å². The van der Waals surface area contributed by atoms with Crippen LogP contribution >= 0.6 is 0 Å². The van der Waals surface area contributed by atoms with Crippen molar-refractivity contribution in [2.75, 3.05) is 13.2 Å². The minimum Gasteiger partial charge on any atom is -0.377 e. The molecule has 1 amide bonds. The van der Waals surface area contributed by atoms with Crippen molar-refractivity contribution in [3.8, 4) is 0 Å². The molecule has 0 atom stereocenters. The molecule has 4 nitrogen and oxygen atoms in total. The van der Waals surface area contributed by atoms with Gasteiger partial charge in [0.25, 0.3) is 0 Å². The Balaban J connectivity index is 4.66. The predicted molar refractivity (Wildman–Crippen MR) is 65.5 cm³/mol. The largest absolute Gasteiger partial charge is 0.377 e. The monoisotopic (exact) mass is 224 g/mol. The lowest BCUT2D eigenvalue weighted by Gasteiger charge is -2.11. The number of nitrogens with one attached hydrogen (secondary N) is 1. The summed E-state index contributed by atoms with van der Waals surface area (Å²) in [4.78, 5) is 11.2. The number of allylic oxidation sites excluding steroid dienone is 3. The van der Waals surface area contributed by atoms with Gasteiger partial charge in [0.15, 0.2) is 0 Å². The van der Waals surface area contributed by atoms with Gasteiger partial charge in [-0.05, 0) is 25.0 Å². The lowest BCUT2D eigenvalue weighted by Crippen LogP contribution is -2.30. The molecule has 0 bridgehead atoms. The average molecular weight is 224 g/mol. The van der Waals surface area contributed by atoms with Gasteiger partial charge in [0.1, 0.15) is 0 Å². The molecule has 0 aliphatic rings. The van der Waals surface area contributed by atoms with E-state index >= 15 is 0 Å². The smallest absolute Gasteiger partial charge is 0.238 e. The van der Waals surface area contributed by atoms with Crippen molar-refractivity contribution in [1.82, 2.24) is 5.43 Å². The first kappa shape index (κ1) is 14.6. The van der Waals surface area contributed by atoms with Crippen LogP contribution in [0.2, 0.25) is 0 Å². The number of carbonyl (C=O) groups excluding carboxylic acids is 1. The molecular formula is C12H20N2O2. The summed E-state index contributed by atoms with van der Waals surface area (Å²) >= 11 is 0. The molecule has 0 unspecified atom stereocenters. The number of rotatable bonds is 7. The Bertz CT molecular complexity index is 293. The lowest BCUT2D eigenvalue weighted by molar-refractivity contribution is -0.120. The van der Waals surface area contributed by atoms with Crippen LogP contribution in [0.5, 0.6) is 0 Å². The zero-order chi connectivity index (χ0) is 12.4. The van der Waals surface area contributed by atoms with Gasteiger partial charge in [-0.2, -0.15) is 0 Å². The fourth-order valence-corrected chi connectivity index (χ4v) is 1.23. The fraction of sp³-hybridized carbons (Fsp3) is 0.417. The fourth-order valence-electron chi connectivity index (χ4n) is 1.23. The van der Waals surface area contributed by atoms with Crippen LogP contribution in [0.25, 0.3) is 0 Å². The number of hydrogen-bond acceptors (Lipinski definition) is 3. The van der Waals surface area contributed by atoms with Crippen molar-refractivity contribution in [2.24, 2.45) is 5.84 Å². The Labute approximate surface area is 96.8 Å². The van der Waals surface area contributed by atoms with Gasteiger partial charge in [-0.1, -0.05) is 24.8 Å². The molecule has 0 spiro atoms. The summed E-state index contributed by atoms with van der Waals surface area (Å²) in [6, 6.07) is 0. The second-order valence-electron chi connectivity index (χ2n) is 3.12. The van der Waals surface area contributed by atoms with Crippen LogP contribution in [0.3, 0.4) is 0 Å². The zero-order valence-electron chi connectivity index (χ0n) is 9.95. The van der Waals surface area contributed by atoms with E-state index in [0.717, 1.165) is 11.1 Å². The van der Waals surface area contributed by atoms with Crippen molar-refractivity contribution >= 4 is 5.91 Å². The first-order valence-electron chi connectivity index (χ1n) is 5.23. The zero-order valence-corrected chi connectivity index (χ0v) is 9.95. The topological polar surface area (TPSA) is 64.3 Å². The van der Waals surface area contributed by atoms with Crippen molar-refractivity contribution in [3.63, 3.8) is 0 Å². The van der Waals surface area contributed by atoms with Crippen LogP contribution in [0.1, 0.15) is 20.3 Å². The molecule has 0 rings (SSSR count). The first-order chi connectivity index (χ1) is 7.69. The molecule has 0 radical (unpaired) electrons. The van der Waals surface area contributed by atoms with E-state index in [0.29, 0.717) is 13.2 Å². The lowest BCUT2D eigenvalue weighted by atomic mass is 10.0. The normalized spacial score (nSPS) is 12.4. The predicted octanol–water partition coefficient (Wildman–Crippen LogP) is 1.46. The highest BCUT2D eigenvalue weighted by Crippen LogP contribution is 2.14. The van der Waals surface area contributed by atoms with E-state index in [2.05, 4.69) is 12.0 Å². The third-order valence-corrected chi connectivity index (χ3v) is 2.05. The van der Waals surface area contributed by atoms with Crippen LogP contribution in [0.4, 0.5) is 0 Å². The average Bonchev–Trinajstić information content (AvgIpc) is 2.31. The quantitative estimate of drug-likeness (QED) is 0.298. The van der Waals surface area contributed by atoms with Crippen LogP contribution in [0.15, 0.2) is 36.0 Å². The molecule has 0 saturated carbocycles. The third kappa shape index (κ3) is 5.48. The highest BCUT2D eigenvalue weighted by molar-refractivity contribution is 5.79. The third-order valence-electron chi connectivity index (χ3n) is 2.05. The molecule has 4 heteroatoms. The van der Waals surface area contributed by atoms with Gasteiger partial charge in [-0.25, -0.2) is 5.84 Å². The van der Waals surface area contributed by atoms with Gasteiger partial charge >= 0.3 is 0 Å². The number of nitrogens with two attached hydrogens (primary N) is 1. The highest BCUT2D eigenvalue weighted by Gasteiger charge is 2.08. The molecule has 0 aromatic heterocycles. The minimum atomic E-state index is -0.223. The summed E-state index contributed by atoms with van der Waals surface area (Å²) in [6.45, 7) is 8.55. The summed E-state index contributed by atoms with van der Waals surface area (Å²) in [6.07, 6.45) is 5.65. The van der Waals surface area contributed by atoms with Gasteiger partial charge in [0.05, 0.1) is 13.0 Å². The SMILES string of the molecule is C=C/C=C(COCC)\C(=C/C)CC(=O)NN. The van der Waals surface area contributed by atoms with Crippen molar-refractivity contribution < 1.29 is 9.53 Å². The molecule has 90 valence electrons. The van der Waals surface area contributed by atoms with E-state index in [1.165, 1.54) is 0 Å². The molecule has 0 aromatic carbocycles. The second-order valence-corrected chi connectivity index (χ2v) is 3.12. The van der Waals surface area contributed by atoms with Gasteiger partial charge in [-0.3, -0.25) is 10.2 Å². The molecule has 0 aliphatic heterocycles. The molecule has 0 saturated heterocycles. The van der Waals surface area contributed by atoms with Crippen LogP contribution < -0.4 is 11.3 Å². The van der Waals surface area contributed by atoms with Crippen molar-refractivity contribution in [1.29, 1.82) is 0 Å². The molecular weight excluding hydrogens is 204 g/mol. The number of hydrogen-bond donors (Lipinski definition) is 2. The maximum absolute atomic E-state index is 11.2. The maximum Gasteiger partial charge on any atom is 0.238 e. The summed E-state index contributed by atoms with van der Waals surface area (Å²) in [7, 11) is 0. The minimum absolute atomic E-state index is 0.223. The van der Waals surface area contributed by atoms with Crippen LogP contribution in [-0.4, -0.2) is 19.1 Å². The highest BCUT2D eigenvalue weighted by atomic mass is 16.5. The Hall–Kier alpha value is -1.39. The second kappa shape index (κ2) is 8.88. The van der Waals surface area contributed by atoms with Crippen LogP contribution in [0, 0.1) is 0 Å². The number of ether oxygens (including phenoxy) is 1. The van der Waals surface area contributed by atoms with Gasteiger partial charge in [-0.15, -0.1) is 0 Å². The summed E-state index contributed by atoms with van der Waals surface area (Å²) in [5.41, 5.74) is 3.96. The Morgan fingerprint density at radius 3 is 2.62 bits per heavy atom. The van der Waals surface area contributed by atoms with E-state index in [-0.39, 0.29) is 12.3 Å². The molecule has 0 heterocycles. The number of carbonyl (C=O) groups is 1. The van der Waals surface area contributed by atoms with Crippen LogP contribution in [-0.2, 0) is 9.53 Å². The molecule has 0 aliphatic carbocycles. The summed E-state index contributed by atoms with van der Waals surface area (Å²) in [5, 5.41) is 0. The van der Waals surface area contributed by atoms with Gasteiger partial charge < -0.3 is 4.74 Å². The Morgan fingerprint density at radius 2 is 2.19 bits per heavy atom. The standard InChI is InChI=1S/C12H20N2O2/c1-4-7-11(9-16-6-3)10(5-2)8-12(15)14-13/h4-5,7H,1,6,8-9,13H2,2-3H3,(H,14,15)/b10-5-,11-7-. The van der Waals surface area contributed by atoms with Gasteiger partial charge in [0, 0.05) is 6.61 Å². The van der Waals surface area contributed by atoms with E-state index in [1.54, 1.807) is 6.08 Å². The summed E-state index contributed by atoms with van der Waals surface area (Å²) in [5.74, 6) is 4.83. The van der Waals surface area contributed by atoms with Crippen molar-refractivity contribution in [3.05, 3.63) is 36.0 Å². The molecule has 0 aromatic rings. The van der Waals surface area contributed by atoms with Gasteiger partial charge in [0.2, 0.25) is 5.91 Å². The molecule has 0 fully saturated rings. The summed E-state index contributed by atoms with van der Waals surface area (Å²) < 4.78 is 5.33. The Morgan fingerprint density at radius 1 is 1.50 bits per heavy atom. The maximum atomic E-state index is 11.2. The molecule has 16 heavy (non-hydrogen) atoms. The Kier molecular flexibility index (Phi) is 8.11. The number of hydrazine groups is 1. The van der Waals surface area contributed by atoms with E-state index < -0.39 is 0 Å². The molecule has 3 N–H and O–H groups in total.